The van der Waals surface area contributed by atoms with Crippen LogP contribution in [0.3, 0.4) is 0 Å². The van der Waals surface area contributed by atoms with Crippen molar-refractivity contribution < 1.29 is 18.8 Å². The minimum absolute atomic E-state index is 0.181. The summed E-state index contributed by atoms with van der Waals surface area (Å²) in [5.74, 6) is -0.564. The fourth-order valence-corrected chi connectivity index (χ4v) is 4.75. The molecule has 1 N–H and O–H groups in total. The number of hydrogen-bond donors (Lipinski definition) is 1. The molecule has 29 heavy (non-hydrogen) atoms. The van der Waals surface area contributed by atoms with Gasteiger partial charge in [-0.1, -0.05) is 46.6 Å². The van der Waals surface area contributed by atoms with Crippen LogP contribution in [0.25, 0.3) is 0 Å². The predicted octanol–water partition coefficient (Wildman–Crippen LogP) is 2.89. The standard InChI is InChI=1S/C20H17Cl2N3O4/c1-10-6-15(24-29-10)25-9-20-5-4-14(28-20)16(17(20)19(25)27)18(26)23-8-11-2-3-12(21)13(22)7-11/h2-7,14,16-17H,8-9H2,1H3,(H,23,26)/t14-,16+,17+,20-/m0/s1. The summed E-state index contributed by atoms with van der Waals surface area (Å²) in [6, 6.07) is 6.88. The number of benzene rings is 1. The highest BCUT2D eigenvalue weighted by atomic mass is 35.5. The zero-order valence-corrected chi connectivity index (χ0v) is 16.9. The van der Waals surface area contributed by atoms with Gasteiger partial charge in [0.1, 0.15) is 11.4 Å². The van der Waals surface area contributed by atoms with Crippen LogP contribution in [0.4, 0.5) is 5.82 Å². The van der Waals surface area contributed by atoms with E-state index in [9.17, 15) is 9.59 Å². The third-order valence-corrected chi connectivity index (χ3v) is 6.48. The highest BCUT2D eigenvalue weighted by Gasteiger charge is 2.67. The quantitative estimate of drug-likeness (QED) is 0.749. The van der Waals surface area contributed by atoms with E-state index in [1.165, 1.54) is 4.90 Å². The molecule has 2 aromatic rings. The van der Waals surface area contributed by atoms with Gasteiger partial charge in [-0.25, -0.2) is 0 Å². The molecule has 5 rings (SSSR count). The molecule has 1 aromatic heterocycles. The number of aryl methyl sites for hydroxylation is 1. The Balaban J connectivity index is 1.36. The molecule has 7 nitrogen and oxygen atoms in total. The number of ether oxygens (including phenoxy) is 1. The van der Waals surface area contributed by atoms with Crippen LogP contribution in [-0.4, -0.2) is 35.2 Å². The first kappa shape index (κ1) is 18.7. The average Bonchev–Trinajstić information content (AvgIpc) is 3.43. The van der Waals surface area contributed by atoms with Crippen molar-refractivity contribution in [2.45, 2.75) is 25.2 Å². The normalized spacial score (nSPS) is 29.6. The number of hydrogen-bond acceptors (Lipinski definition) is 5. The number of anilines is 1. The second-order valence-corrected chi connectivity index (χ2v) is 8.40. The van der Waals surface area contributed by atoms with E-state index in [4.69, 9.17) is 32.5 Å². The van der Waals surface area contributed by atoms with Gasteiger partial charge in [0.25, 0.3) is 0 Å². The first-order valence-corrected chi connectivity index (χ1v) is 9.97. The summed E-state index contributed by atoms with van der Waals surface area (Å²) < 4.78 is 11.2. The number of amides is 2. The molecular formula is C20H17Cl2N3O4. The molecule has 2 bridgehead atoms. The minimum Gasteiger partial charge on any atom is -0.360 e. The maximum Gasteiger partial charge on any atom is 0.235 e. The molecule has 3 aliphatic rings. The summed E-state index contributed by atoms with van der Waals surface area (Å²) in [7, 11) is 0. The lowest BCUT2D eigenvalue weighted by atomic mass is 9.77. The highest BCUT2D eigenvalue weighted by Crippen LogP contribution is 2.52. The first-order chi connectivity index (χ1) is 13.9. The van der Waals surface area contributed by atoms with E-state index in [1.807, 2.05) is 12.2 Å². The Hall–Kier alpha value is -2.35. The van der Waals surface area contributed by atoms with Crippen LogP contribution < -0.4 is 10.2 Å². The van der Waals surface area contributed by atoms with E-state index in [-0.39, 0.29) is 18.4 Å². The zero-order chi connectivity index (χ0) is 20.3. The van der Waals surface area contributed by atoms with Crippen molar-refractivity contribution in [2.75, 3.05) is 11.4 Å². The second kappa shape index (κ2) is 6.58. The molecular weight excluding hydrogens is 417 g/mol. The SMILES string of the molecule is Cc1cc(N2C[C@]34C=C[C@H](O3)[C@@H](C(=O)NCc3ccc(Cl)c(Cl)c3)[C@@H]4C2=O)no1. The second-order valence-electron chi connectivity index (χ2n) is 7.59. The Morgan fingerprint density at radius 2 is 2.17 bits per heavy atom. The number of carbonyl (C=O) groups excluding carboxylic acids is 2. The summed E-state index contributed by atoms with van der Waals surface area (Å²) in [6.45, 7) is 2.35. The van der Waals surface area contributed by atoms with Crippen LogP contribution in [0.5, 0.6) is 0 Å². The lowest BCUT2D eigenvalue weighted by Gasteiger charge is -2.23. The van der Waals surface area contributed by atoms with E-state index in [2.05, 4.69) is 10.5 Å². The van der Waals surface area contributed by atoms with Crippen LogP contribution in [0, 0.1) is 18.8 Å². The molecule has 9 heteroatoms. The van der Waals surface area contributed by atoms with Gasteiger partial charge in [-0.05, 0) is 24.6 Å². The molecule has 4 atom stereocenters. The number of halogens is 2. The van der Waals surface area contributed by atoms with Crippen LogP contribution in [0.2, 0.25) is 10.0 Å². The molecule has 2 fully saturated rings. The smallest absolute Gasteiger partial charge is 0.235 e. The Bertz CT molecular complexity index is 1050. The van der Waals surface area contributed by atoms with Gasteiger partial charge in [0.15, 0.2) is 5.82 Å². The summed E-state index contributed by atoms with van der Waals surface area (Å²) in [4.78, 5) is 27.7. The van der Waals surface area contributed by atoms with Gasteiger partial charge >= 0.3 is 0 Å². The van der Waals surface area contributed by atoms with Gasteiger partial charge in [0, 0.05) is 12.6 Å². The maximum absolute atomic E-state index is 13.2. The highest BCUT2D eigenvalue weighted by molar-refractivity contribution is 6.42. The van der Waals surface area contributed by atoms with Crippen molar-refractivity contribution in [3.05, 3.63) is 57.8 Å². The van der Waals surface area contributed by atoms with Gasteiger partial charge < -0.3 is 14.6 Å². The van der Waals surface area contributed by atoms with Gasteiger partial charge in [-0.2, -0.15) is 0 Å². The molecule has 1 spiro atoms. The zero-order valence-electron chi connectivity index (χ0n) is 15.4. The molecule has 4 heterocycles. The van der Waals surface area contributed by atoms with Crippen LogP contribution >= 0.6 is 23.2 Å². The molecule has 150 valence electrons. The molecule has 3 aliphatic heterocycles. The van der Waals surface area contributed by atoms with Crippen LogP contribution in [-0.2, 0) is 20.9 Å². The van der Waals surface area contributed by atoms with E-state index in [0.29, 0.717) is 28.2 Å². The Labute approximate surface area is 176 Å². The lowest BCUT2D eigenvalue weighted by molar-refractivity contribution is -0.132. The summed E-state index contributed by atoms with van der Waals surface area (Å²) in [5.41, 5.74) is 0.0136. The molecule has 2 saturated heterocycles. The molecule has 0 aliphatic carbocycles. The molecule has 0 unspecified atom stereocenters. The van der Waals surface area contributed by atoms with Crippen LogP contribution in [0.15, 0.2) is 40.9 Å². The molecule has 0 saturated carbocycles. The Morgan fingerprint density at radius 1 is 1.34 bits per heavy atom. The molecule has 2 amide bonds. The Kier molecular flexibility index (Phi) is 4.24. The largest absolute Gasteiger partial charge is 0.360 e. The lowest BCUT2D eigenvalue weighted by Crippen LogP contribution is -2.44. The van der Waals surface area contributed by atoms with Crippen molar-refractivity contribution >= 4 is 40.8 Å². The van der Waals surface area contributed by atoms with E-state index in [0.717, 1.165) is 5.56 Å². The number of carbonyl (C=O) groups is 2. The summed E-state index contributed by atoms with van der Waals surface area (Å²) in [6.07, 6.45) is 3.35. The van der Waals surface area contributed by atoms with Gasteiger partial charge in [0.2, 0.25) is 11.8 Å². The number of aromatic nitrogens is 1. The fourth-order valence-electron chi connectivity index (χ4n) is 4.43. The summed E-state index contributed by atoms with van der Waals surface area (Å²) in [5, 5.41) is 7.72. The van der Waals surface area contributed by atoms with Crippen molar-refractivity contribution in [3.8, 4) is 0 Å². The number of nitrogens with one attached hydrogen (secondary N) is 1. The van der Waals surface area contributed by atoms with Gasteiger partial charge in [-0.3, -0.25) is 14.5 Å². The minimum atomic E-state index is -0.805. The number of nitrogens with zero attached hydrogens (tertiary/aromatic N) is 2. The Morgan fingerprint density at radius 3 is 2.90 bits per heavy atom. The van der Waals surface area contributed by atoms with Crippen molar-refractivity contribution in [1.82, 2.24) is 10.5 Å². The van der Waals surface area contributed by atoms with Crippen molar-refractivity contribution in [2.24, 2.45) is 11.8 Å². The summed E-state index contributed by atoms with van der Waals surface area (Å²) >= 11 is 12.0. The molecule has 0 radical (unpaired) electrons. The number of rotatable bonds is 4. The van der Waals surface area contributed by atoms with E-state index < -0.39 is 23.5 Å². The van der Waals surface area contributed by atoms with E-state index >= 15 is 0 Å². The van der Waals surface area contributed by atoms with Crippen LogP contribution in [0.1, 0.15) is 11.3 Å². The molecule has 1 aromatic carbocycles. The average molecular weight is 434 g/mol. The topological polar surface area (TPSA) is 84.7 Å². The van der Waals surface area contributed by atoms with E-state index in [1.54, 1.807) is 31.2 Å². The van der Waals surface area contributed by atoms with Crippen molar-refractivity contribution in [3.63, 3.8) is 0 Å². The third-order valence-electron chi connectivity index (χ3n) is 5.75. The van der Waals surface area contributed by atoms with Crippen molar-refractivity contribution in [1.29, 1.82) is 0 Å². The fraction of sp³-hybridized carbons (Fsp3) is 0.350. The monoisotopic (exact) mass is 433 g/mol. The van der Waals surface area contributed by atoms with Gasteiger partial charge in [-0.15, -0.1) is 0 Å². The third kappa shape index (κ3) is 2.87. The van der Waals surface area contributed by atoms with Gasteiger partial charge in [0.05, 0.1) is 34.5 Å². The predicted molar refractivity (Wildman–Crippen MR) is 106 cm³/mol. The first-order valence-electron chi connectivity index (χ1n) is 9.21. The number of fused-ring (bicyclic) bond motifs is 1. The maximum atomic E-state index is 13.2.